The van der Waals surface area contributed by atoms with Crippen LogP contribution in [0, 0.1) is 20.2 Å². The minimum absolute atomic E-state index is 0.451. The normalized spacial score (nSPS) is 13.2. The molecule has 0 spiro atoms. The average molecular weight is 434 g/mol. The summed E-state index contributed by atoms with van der Waals surface area (Å²) in [4.78, 5) is 19.7. The number of nitro benzene ring substituents is 2. The Morgan fingerprint density at radius 3 is 1.93 bits per heavy atom. The third kappa shape index (κ3) is 2.90. The molecule has 0 aliphatic rings. The average Bonchev–Trinajstić information content (AvgIpc) is 2.87. The van der Waals surface area contributed by atoms with Gasteiger partial charge in [0.15, 0.2) is 4.90 Å². The molecule has 1 unspecified atom stereocenters. The summed E-state index contributed by atoms with van der Waals surface area (Å²) in [6.45, 7) is 0. The minimum atomic E-state index is -5.34. The fraction of sp³-hybridized carbons (Fsp3) is 0. The highest BCUT2D eigenvalue weighted by atomic mass is 33.2. The second-order valence-corrected chi connectivity index (χ2v) is 10.9. The molecule has 2 aromatic carbocycles. The van der Waals surface area contributed by atoms with E-state index in [9.17, 15) is 46.2 Å². The molecule has 15 heteroatoms. The Morgan fingerprint density at radius 1 is 0.889 bits per heavy atom. The van der Waals surface area contributed by atoms with Crippen LogP contribution in [0.25, 0.3) is 20.2 Å². The Bertz CT molecular complexity index is 1370. The summed E-state index contributed by atoms with van der Waals surface area (Å²) in [5.74, 6) is 0. The summed E-state index contributed by atoms with van der Waals surface area (Å²) in [5, 5.41) is 21.5. The molecule has 0 saturated carbocycles. The minimum Gasteiger partial charge on any atom is -0.703 e. The summed E-state index contributed by atoms with van der Waals surface area (Å²) >= 11 is 0. The number of nitro groups is 2. The second-order valence-electron chi connectivity index (χ2n) is 5.10. The molecule has 27 heavy (non-hydrogen) atoms. The third-order valence-electron chi connectivity index (χ3n) is 3.61. The molecule has 1 aromatic heterocycles. The highest BCUT2D eigenvalue weighted by molar-refractivity contribution is 8.38. The van der Waals surface area contributed by atoms with Gasteiger partial charge in [0.1, 0.15) is 20.3 Å². The van der Waals surface area contributed by atoms with Gasteiger partial charge in [-0.2, -0.15) is 16.8 Å². The van der Waals surface area contributed by atoms with E-state index in [-0.39, 0.29) is 0 Å². The van der Waals surface area contributed by atoms with E-state index in [1.54, 1.807) is 0 Å². The van der Waals surface area contributed by atoms with Gasteiger partial charge in [-0.3, -0.25) is 24.8 Å². The van der Waals surface area contributed by atoms with Gasteiger partial charge < -0.3 is 4.55 Å². The Labute approximate surface area is 151 Å². The fourth-order valence-electron chi connectivity index (χ4n) is 2.73. The molecule has 1 N–H and O–H groups in total. The van der Waals surface area contributed by atoms with Crippen molar-refractivity contribution >= 4 is 60.3 Å². The van der Waals surface area contributed by atoms with Gasteiger partial charge in [-0.25, -0.2) is 0 Å². The van der Waals surface area contributed by atoms with Crippen molar-refractivity contribution in [3.8, 4) is 0 Å². The maximum atomic E-state index is 11.8. The zero-order valence-electron chi connectivity index (χ0n) is 12.6. The van der Waals surface area contributed by atoms with Crippen molar-refractivity contribution in [3.05, 3.63) is 50.6 Å². The van der Waals surface area contributed by atoms with Crippen molar-refractivity contribution in [2.75, 3.05) is 0 Å². The van der Waals surface area contributed by atoms with E-state index in [0.717, 1.165) is 18.2 Å². The van der Waals surface area contributed by atoms with Crippen LogP contribution in [0.1, 0.15) is 0 Å². The van der Waals surface area contributed by atoms with Gasteiger partial charge in [0.05, 0.1) is 9.85 Å². The van der Waals surface area contributed by atoms with E-state index < -0.39 is 75.1 Å². The molecule has 0 fully saturated rings. The van der Waals surface area contributed by atoms with Crippen LogP contribution in [0.5, 0.6) is 0 Å². The fourth-order valence-corrected chi connectivity index (χ4v) is 8.12. The van der Waals surface area contributed by atoms with E-state index in [1.807, 2.05) is 0 Å². The Hall–Kier alpha value is -2.72. The Morgan fingerprint density at radius 2 is 1.44 bits per heavy atom. The number of thiophene rings is 1. The highest BCUT2D eigenvalue weighted by Gasteiger charge is 2.40. The number of hydrogen-bond acceptors (Lipinski definition) is 9. The molecule has 0 aliphatic heterocycles. The maximum absolute atomic E-state index is 11.8. The lowest BCUT2D eigenvalue weighted by Gasteiger charge is -2.01. The predicted molar refractivity (Wildman–Crippen MR) is 92.2 cm³/mol. The smallest absolute Gasteiger partial charge is 0.300 e. The number of nitrogens with zero attached hydrogens (tertiary/aromatic N) is 2. The van der Waals surface area contributed by atoms with Gasteiger partial charge in [0, 0.05) is 18.2 Å². The first-order valence-electron chi connectivity index (χ1n) is 6.63. The van der Waals surface area contributed by atoms with E-state index in [2.05, 4.69) is 0 Å². The van der Waals surface area contributed by atoms with Crippen molar-refractivity contribution in [2.24, 2.45) is 0 Å². The molecule has 1 heterocycles. The monoisotopic (exact) mass is 434 g/mol. The standard InChI is InChI=1S/C12H6N2O10S3/c15-13(16)6-2-1-3-8-10(6)11-7(14(17)18)4-5-9(26(19,20)21)12(11)25(8)27(22,23)24/h1-5H,(H-,19,20,21,22,23,24). The molecule has 12 nitrogen and oxygen atoms in total. The van der Waals surface area contributed by atoms with Crippen LogP contribution in [-0.2, 0) is 19.3 Å². The first-order valence-corrected chi connectivity index (χ1v) is 11.2. The van der Waals surface area contributed by atoms with Gasteiger partial charge in [-0.05, 0) is 12.1 Å². The van der Waals surface area contributed by atoms with Gasteiger partial charge in [0.25, 0.3) is 30.6 Å². The molecule has 3 aromatic rings. The quantitative estimate of drug-likeness (QED) is 0.208. The van der Waals surface area contributed by atoms with Crippen LogP contribution >= 0.6 is 9.50 Å². The molecule has 0 saturated heterocycles. The van der Waals surface area contributed by atoms with E-state index in [0.29, 0.717) is 12.1 Å². The number of fused-ring (bicyclic) bond motifs is 3. The van der Waals surface area contributed by atoms with Gasteiger partial charge in [0.2, 0.25) is 9.40 Å². The molecule has 0 aliphatic carbocycles. The Kier molecular flexibility index (Phi) is 4.16. The molecular formula is C12H6N2O10S3. The second kappa shape index (κ2) is 5.89. The van der Waals surface area contributed by atoms with E-state index in [1.165, 1.54) is 0 Å². The van der Waals surface area contributed by atoms with Gasteiger partial charge >= 0.3 is 0 Å². The SMILES string of the molecule is O=[N+]([O-])c1cccc2c1c1c([N+](=O)[O-])ccc(S(=O)(=O)O)c1[s+]2S(=O)(=O)[O-]. The van der Waals surface area contributed by atoms with Crippen molar-refractivity contribution in [1.82, 2.24) is 0 Å². The molecule has 3 rings (SSSR count). The van der Waals surface area contributed by atoms with Gasteiger partial charge in [-0.1, -0.05) is 0 Å². The van der Waals surface area contributed by atoms with Crippen molar-refractivity contribution < 1.29 is 35.8 Å². The predicted octanol–water partition coefficient (Wildman–Crippen LogP) is 2.11. The van der Waals surface area contributed by atoms with E-state index in [4.69, 9.17) is 0 Å². The van der Waals surface area contributed by atoms with Crippen LogP contribution in [-0.4, -0.2) is 35.8 Å². The van der Waals surface area contributed by atoms with Crippen LogP contribution in [0.4, 0.5) is 11.4 Å². The first-order chi connectivity index (χ1) is 12.4. The summed E-state index contributed by atoms with van der Waals surface area (Å²) < 4.78 is 67.0. The molecular weight excluding hydrogens is 428 g/mol. The zero-order valence-corrected chi connectivity index (χ0v) is 15.1. The summed E-state index contributed by atoms with van der Waals surface area (Å²) in [6.07, 6.45) is 0. The number of rotatable bonds is 4. The van der Waals surface area contributed by atoms with Crippen molar-refractivity contribution in [1.29, 1.82) is 0 Å². The lowest BCUT2D eigenvalue weighted by Crippen LogP contribution is -2.01. The van der Waals surface area contributed by atoms with Crippen LogP contribution in [0.2, 0.25) is 0 Å². The highest BCUT2D eigenvalue weighted by Crippen LogP contribution is 2.53. The third-order valence-corrected chi connectivity index (χ3v) is 8.85. The first kappa shape index (κ1) is 19.1. The Balaban J connectivity index is 2.88. The van der Waals surface area contributed by atoms with Crippen LogP contribution in [0.15, 0.2) is 35.2 Å². The summed E-state index contributed by atoms with van der Waals surface area (Å²) in [7, 11) is -13.1. The molecule has 0 amide bonds. The van der Waals surface area contributed by atoms with Crippen molar-refractivity contribution in [3.63, 3.8) is 0 Å². The number of benzene rings is 2. The largest absolute Gasteiger partial charge is 0.703 e. The molecule has 0 bridgehead atoms. The van der Waals surface area contributed by atoms with E-state index >= 15 is 0 Å². The topological polar surface area (TPSA) is 198 Å². The van der Waals surface area contributed by atoms with Gasteiger partial charge in [-0.15, -0.1) is 0 Å². The number of hydrogen-bond donors (Lipinski definition) is 1. The lowest BCUT2D eigenvalue weighted by atomic mass is 10.1. The molecule has 0 radical (unpaired) electrons. The molecule has 1 atom stereocenters. The summed E-state index contributed by atoms with van der Waals surface area (Å²) in [5.41, 5.74) is -1.59. The summed E-state index contributed by atoms with van der Waals surface area (Å²) in [6, 6.07) is 4.25. The zero-order chi connectivity index (χ0) is 20.3. The van der Waals surface area contributed by atoms with Crippen LogP contribution < -0.4 is 0 Å². The molecule has 142 valence electrons. The number of non-ortho nitro benzene ring substituents is 2. The van der Waals surface area contributed by atoms with Crippen LogP contribution in [0.3, 0.4) is 0 Å². The lowest BCUT2D eigenvalue weighted by molar-refractivity contribution is -0.384. The maximum Gasteiger partial charge on any atom is 0.300 e. The van der Waals surface area contributed by atoms with Crippen molar-refractivity contribution in [2.45, 2.75) is 4.90 Å².